The maximum Gasteiger partial charge on any atom is 0.472 e. The van der Waals surface area contributed by atoms with Gasteiger partial charge in [0, 0.05) is 18.0 Å². The van der Waals surface area contributed by atoms with Crippen LogP contribution in [0.4, 0.5) is 0 Å². The topological polar surface area (TPSA) is 120 Å². The zero-order valence-corrected chi connectivity index (χ0v) is 11.8. The van der Waals surface area contributed by atoms with Gasteiger partial charge < -0.3 is 9.63 Å². The van der Waals surface area contributed by atoms with Crippen molar-refractivity contribution < 1.29 is 23.2 Å². The van der Waals surface area contributed by atoms with Gasteiger partial charge in [-0.2, -0.15) is 0 Å². The molecule has 0 amide bonds. The van der Waals surface area contributed by atoms with Crippen molar-refractivity contribution in [3.63, 3.8) is 0 Å². The Morgan fingerprint density at radius 2 is 2.15 bits per heavy atom. The number of aromatic amines is 1. The monoisotopic (exact) mass is 322 g/mol. The van der Waals surface area contributed by atoms with Crippen molar-refractivity contribution in [2.24, 2.45) is 0 Å². The summed E-state index contributed by atoms with van der Waals surface area (Å²) in [6, 6.07) is 1.22. The molecule has 0 unspecified atom stereocenters. The number of thioether (sulfide) groups is 1. The summed E-state index contributed by atoms with van der Waals surface area (Å²) in [5, 5.41) is 0. The van der Waals surface area contributed by atoms with Crippen LogP contribution in [-0.4, -0.2) is 38.3 Å². The summed E-state index contributed by atoms with van der Waals surface area (Å²) in [5.74, 6) is 0.425. The van der Waals surface area contributed by atoms with Crippen molar-refractivity contribution in [3.05, 3.63) is 33.1 Å². The van der Waals surface area contributed by atoms with Crippen molar-refractivity contribution >= 4 is 19.6 Å². The van der Waals surface area contributed by atoms with Crippen LogP contribution in [0.1, 0.15) is 6.23 Å². The highest BCUT2D eigenvalue weighted by molar-refractivity contribution is 8.00. The second kappa shape index (κ2) is 4.83. The lowest BCUT2D eigenvalue weighted by Gasteiger charge is -2.33. The number of rotatable bonds is 1. The number of hydrogen-bond acceptors (Lipinski definition) is 7. The van der Waals surface area contributed by atoms with Crippen LogP contribution in [-0.2, 0) is 18.3 Å². The van der Waals surface area contributed by atoms with Crippen molar-refractivity contribution in [1.82, 2.24) is 9.55 Å². The van der Waals surface area contributed by atoms with Gasteiger partial charge in [-0.1, -0.05) is 0 Å². The minimum Gasteiger partial charge on any atom is -0.335 e. The van der Waals surface area contributed by atoms with E-state index in [1.165, 1.54) is 28.6 Å². The minimum atomic E-state index is -3.98. The number of H-pyrrole nitrogens is 1. The highest BCUT2D eigenvalue weighted by Crippen LogP contribution is 2.53. The first kappa shape index (κ1) is 14.1. The van der Waals surface area contributed by atoms with E-state index < -0.39 is 30.2 Å². The number of aromatic nitrogens is 2. The molecule has 0 saturated carbocycles. The Kier molecular flexibility index (Phi) is 3.39. The van der Waals surface area contributed by atoms with Crippen LogP contribution >= 0.6 is 19.6 Å². The zero-order chi connectivity index (χ0) is 14.4. The summed E-state index contributed by atoms with van der Waals surface area (Å²) in [6.45, 7) is -0.222. The molecular weight excluding hydrogens is 311 g/mol. The Labute approximate surface area is 116 Å². The van der Waals surface area contributed by atoms with Gasteiger partial charge in [-0.25, -0.2) is 9.36 Å². The first-order valence-corrected chi connectivity index (χ1v) is 8.12. The van der Waals surface area contributed by atoms with Crippen molar-refractivity contribution in [2.45, 2.75) is 11.2 Å². The SMILES string of the molecule is O=c1ccn([C@H]2CSC3(COP(=O)(O)OC3)O2)c(=O)[nH]1. The lowest BCUT2D eigenvalue weighted by Crippen LogP contribution is -2.41. The van der Waals surface area contributed by atoms with E-state index >= 15 is 0 Å². The zero-order valence-electron chi connectivity index (χ0n) is 10.1. The molecule has 1 aromatic heterocycles. The van der Waals surface area contributed by atoms with Gasteiger partial charge in [0.2, 0.25) is 0 Å². The third-order valence-corrected chi connectivity index (χ3v) is 5.12. The molecule has 2 saturated heterocycles. The fraction of sp³-hybridized carbons (Fsp3) is 0.556. The normalized spacial score (nSPS) is 37.4. The third kappa shape index (κ3) is 2.62. The van der Waals surface area contributed by atoms with E-state index in [2.05, 4.69) is 4.98 Å². The fourth-order valence-corrected chi connectivity index (χ4v) is 4.05. The minimum absolute atomic E-state index is 0.111. The Morgan fingerprint density at radius 3 is 2.80 bits per heavy atom. The van der Waals surface area contributed by atoms with E-state index in [1.807, 2.05) is 0 Å². The number of hydrogen-bond donors (Lipinski definition) is 2. The van der Waals surface area contributed by atoms with Gasteiger partial charge in [0.1, 0.15) is 6.23 Å². The molecule has 1 spiro atoms. The maximum absolute atomic E-state index is 11.7. The third-order valence-electron chi connectivity index (χ3n) is 2.90. The second-order valence-electron chi connectivity index (χ2n) is 4.33. The summed E-state index contributed by atoms with van der Waals surface area (Å²) in [7, 11) is -3.98. The van der Waals surface area contributed by atoms with Gasteiger partial charge in [0.15, 0.2) is 4.93 Å². The molecule has 0 bridgehead atoms. The van der Waals surface area contributed by atoms with E-state index in [-0.39, 0.29) is 13.2 Å². The first-order chi connectivity index (χ1) is 9.39. The van der Waals surface area contributed by atoms with Crippen LogP contribution in [0.3, 0.4) is 0 Å². The number of phosphoric acid groups is 1. The molecule has 2 aliphatic heterocycles. The molecule has 20 heavy (non-hydrogen) atoms. The van der Waals surface area contributed by atoms with Gasteiger partial charge >= 0.3 is 13.5 Å². The van der Waals surface area contributed by atoms with Gasteiger partial charge in [-0.15, -0.1) is 11.8 Å². The predicted octanol–water partition coefficient (Wildman–Crippen LogP) is -0.358. The standard InChI is InChI=1S/C9H11N2O7PS/c12-6-1-2-11(8(13)10-6)7-3-20-9(18-7)4-16-19(14,15)17-5-9/h1-2,7H,3-5H2,(H,14,15)(H,10,12,13)/t7-/m1/s1. The summed E-state index contributed by atoms with van der Waals surface area (Å²) in [6.07, 6.45) is 0.736. The molecule has 1 atom stereocenters. The molecule has 3 heterocycles. The molecule has 11 heteroatoms. The van der Waals surface area contributed by atoms with Crippen LogP contribution in [0, 0.1) is 0 Å². The van der Waals surface area contributed by atoms with E-state index in [0.717, 1.165) is 0 Å². The molecule has 1 aromatic rings. The molecule has 2 fully saturated rings. The van der Waals surface area contributed by atoms with Gasteiger partial charge in [-0.05, 0) is 0 Å². The number of phosphoric ester groups is 1. The van der Waals surface area contributed by atoms with Crippen molar-refractivity contribution in [1.29, 1.82) is 0 Å². The maximum atomic E-state index is 11.7. The number of nitrogens with zero attached hydrogens (tertiary/aromatic N) is 1. The van der Waals surface area contributed by atoms with Gasteiger partial charge in [0.05, 0.1) is 13.2 Å². The Balaban J connectivity index is 1.79. The summed E-state index contributed by atoms with van der Waals surface area (Å²) in [4.78, 5) is 33.0. The highest BCUT2D eigenvalue weighted by atomic mass is 32.2. The van der Waals surface area contributed by atoms with Crippen LogP contribution < -0.4 is 11.2 Å². The average molecular weight is 322 g/mol. The Hall–Kier alpha value is -0.900. The van der Waals surface area contributed by atoms with E-state index in [4.69, 9.17) is 18.7 Å². The molecule has 3 rings (SSSR count). The smallest absolute Gasteiger partial charge is 0.335 e. The molecule has 0 aliphatic carbocycles. The highest BCUT2D eigenvalue weighted by Gasteiger charge is 2.49. The molecule has 0 aromatic carbocycles. The lowest BCUT2D eigenvalue weighted by atomic mass is 10.4. The van der Waals surface area contributed by atoms with E-state index in [0.29, 0.717) is 5.75 Å². The lowest BCUT2D eigenvalue weighted by molar-refractivity contribution is -0.109. The van der Waals surface area contributed by atoms with Crippen molar-refractivity contribution in [2.75, 3.05) is 19.0 Å². The summed E-state index contributed by atoms with van der Waals surface area (Å²) < 4.78 is 27.6. The molecule has 2 N–H and O–H groups in total. The number of ether oxygens (including phenoxy) is 1. The van der Waals surface area contributed by atoms with Crippen LogP contribution in [0.5, 0.6) is 0 Å². The predicted molar refractivity (Wildman–Crippen MR) is 68.4 cm³/mol. The summed E-state index contributed by atoms with van der Waals surface area (Å²) in [5.41, 5.74) is -1.07. The molecule has 9 nitrogen and oxygen atoms in total. The van der Waals surface area contributed by atoms with Crippen LogP contribution in [0.15, 0.2) is 21.9 Å². The molecule has 2 aliphatic rings. The largest absolute Gasteiger partial charge is 0.472 e. The fourth-order valence-electron chi connectivity index (χ4n) is 1.92. The number of nitrogens with one attached hydrogen (secondary N) is 1. The molecular formula is C9H11N2O7PS. The Morgan fingerprint density at radius 1 is 1.45 bits per heavy atom. The van der Waals surface area contributed by atoms with E-state index in [9.17, 15) is 14.2 Å². The summed E-state index contributed by atoms with van der Waals surface area (Å²) >= 11 is 1.33. The van der Waals surface area contributed by atoms with E-state index in [1.54, 1.807) is 0 Å². The average Bonchev–Trinajstić information content (AvgIpc) is 2.78. The van der Waals surface area contributed by atoms with Crippen LogP contribution in [0.25, 0.3) is 0 Å². The molecule has 110 valence electrons. The van der Waals surface area contributed by atoms with Crippen molar-refractivity contribution in [3.8, 4) is 0 Å². The van der Waals surface area contributed by atoms with Gasteiger partial charge in [0.25, 0.3) is 5.56 Å². The quantitative estimate of drug-likeness (QED) is 0.673. The van der Waals surface area contributed by atoms with Crippen LogP contribution in [0.2, 0.25) is 0 Å². The first-order valence-electron chi connectivity index (χ1n) is 5.64. The molecule has 0 radical (unpaired) electrons. The van der Waals surface area contributed by atoms with Gasteiger partial charge in [-0.3, -0.25) is 23.4 Å². The Bertz CT molecular complexity index is 673. The second-order valence-corrected chi connectivity index (χ2v) is 7.15.